The Morgan fingerprint density at radius 2 is 2.08 bits per heavy atom. The van der Waals surface area contributed by atoms with E-state index in [1.54, 1.807) is 7.11 Å². The molecule has 2 heterocycles. The molecule has 24 heavy (non-hydrogen) atoms. The van der Waals surface area contributed by atoms with Gasteiger partial charge in [0.1, 0.15) is 0 Å². The molecule has 1 atom stereocenters. The number of rotatable bonds is 4. The van der Waals surface area contributed by atoms with Gasteiger partial charge >= 0.3 is 0 Å². The van der Waals surface area contributed by atoms with Crippen molar-refractivity contribution in [2.45, 2.75) is 32.4 Å². The number of ether oxygens (including phenoxy) is 1. The highest BCUT2D eigenvalue weighted by Crippen LogP contribution is 2.31. The molecule has 0 bridgehead atoms. The van der Waals surface area contributed by atoms with Gasteiger partial charge in [-0.2, -0.15) is 0 Å². The van der Waals surface area contributed by atoms with Gasteiger partial charge in [0, 0.05) is 23.0 Å². The smallest absolute Gasteiger partial charge is 0.218 e. The lowest BCUT2D eigenvalue weighted by Crippen LogP contribution is -2.44. The van der Waals surface area contributed by atoms with Crippen molar-refractivity contribution in [2.24, 2.45) is 0 Å². The van der Waals surface area contributed by atoms with Crippen LogP contribution in [0.4, 0.5) is 0 Å². The maximum Gasteiger partial charge on any atom is 0.218 e. The van der Waals surface area contributed by atoms with E-state index in [0.717, 1.165) is 22.0 Å². The molecule has 6 heteroatoms. The number of hydrogen-bond donors (Lipinski definition) is 0. The molecule has 0 spiro atoms. The Kier molecular flexibility index (Phi) is 4.30. The fourth-order valence-electron chi connectivity index (χ4n) is 3.33. The van der Waals surface area contributed by atoms with Gasteiger partial charge in [0.25, 0.3) is 0 Å². The van der Waals surface area contributed by atoms with Crippen LogP contribution >= 0.6 is 0 Å². The number of benzene rings is 1. The van der Waals surface area contributed by atoms with Crippen molar-refractivity contribution in [3.63, 3.8) is 0 Å². The third-order valence-electron chi connectivity index (χ3n) is 5.02. The molecule has 1 saturated heterocycles. The van der Waals surface area contributed by atoms with Crippen molar-refractivity contribution >= 4 is 20.7 Å². The van der Waals surface area contributed by atoms with Crippen LogP contribution < -0.4 is 4.74 Å². The molecular weight excluding hydrogens is 324 g/mol. The van der Waals surface area contributed by atoms with E-state index in [2.05, 4.69) is 28.1 Å². The summed E-state index contributed by atoms with van der Waals surface area (Å²) in [5.41, 5.74) is 2.70. The molecule has 130 valence electrons. The Bertz CT molecular complexity index is 879. The average molecular weight is 348 g/mol. The Morgan fingerprint density at radius 1 is 1.33 bits per heavy atom. The van der Waals surface area contributed by atoms with Gasteiger partial charge in [-0.05, 0) is 45.0 Å². The molecule has 2 aromatic rings. The van der Waals surface area contributed by atoms with Crippen LogP contribution in [-0.4, -0.2) is 49.5 Å². The molecule has 5 nitrogen and oxygen atoms in total. The van der Waals surface area contributed by atoms with Crippen LogP contribution in [0.15, 0.2) is 24.3 Å². The fraction of sp³-hybridized carbons (Fsp3) is 0.500. The summed E-state index contributed by atoms with van der Waals surface area (Å²) >= 11 is 0. The second-order valence-corrected chi connectivity index (χ2v) is 9.23. The number of hydrogen-bond acceptors (Lipinski definition) is 5. The third-order valence-corrected chi connectivity index (χ3v) is 6.91. The summed E-state index contributed by atoms with van der Waals surface area (Å²) in [5.74, 6) is 1.07. The standard InChI is InChI=1S/C18H24N2O3S/c1-13-5-6-14-10-15(17(23-4)19-16(14)9-13)11-20(3)18(2)7-8-24(21,22)12-18/h5-6,9-10H,7-8,11-12H2,1-4H3/t18-/m1/s1. The molecule has 0 N–H and O–H groups in total. The number of fused-ring (bicyclic) bond motifs is 1. The average Bonchev–Trinajstić information content (AvgIpc) is 2.81. The number of aromatic nitrogens is 1. The second-order valence-electron chi connectivity index (χ2n) is 7.05. The monoisotopic (exact) mass is 348 g/mol. The van der Waals surface area contributed by atoms with Crippen LogP contribution in [0.5, 0.6) is 5.88 Å². The van der Waals surface area contributed by atoms with E-state index in [1.807, 2.05) is 27.0 Å². The van der Waals surface area contributed by atoms with E-state index in [-0.39, 0.29) is 17.0 Å². The van der Waals surface area contributed by atoms with Crippen molar-refractivity contribution in [1.82, 2.24) is 9.88 Å². The normalized spacial score (nSPS) is 23.0. The summed E-state index contributed by atoms with van der Waals surface area (Å²) in [6.45, 7) is 4.66. The van der Waals surface area contributed by atoms with Crippen LogP contribution in [0.2, 0.25) is 0 Å². The Hall–Kier alpha value is -1.66. The van der Waals surface area contributed by atoms with E-state index in [9.17, 15) is 8.42 Å². The maximum absolute atomic E-state index is 11.9. The highest BCUT2D eigenvalue weighted by Gasteiger charge is 2.41. The van der Waals surface area contributed by atoms with Gasteiger partial charge in [-0.1, -0.05) is 12.1 Å². The Morgan fingerprint density at radius 3 is 2.71 bits per heavy atom. The predicted octanol–water partition coefficient (Wildman–Crippen LogP) is 2.56. The van der Waals surface area contributed by atoms with Crippen LogP contribution in [0.3, 0.4) is 0 Å². The number of sulfone groups is 1. The molecule has 0 amide bonds. The SMILES string of the molecule is COc1nc2cc(C)ccc2cc1CN(C)[C@]1(C)CCS(=O)(=O)C1. The minimum atomic E-state index is -2.93. The molecular formula is C18H24N2O3S. The van der Waals surface area contributed by atoms with Crippen molar-refractivity contribution in [3.8, 4) is 5.88 Å². The van der Waals surface area contributed by atoms with Gasteiger partial charge < -0.3 is 4.74 Å². The van der Waals surface area contributed by atoms with Crippen molar-refractivity contribution in [2.75, 3.05) is 25.7 Å². The highest BCUT2D eigenvalue weighted by atomic mass is 32.2. The van der Waals surface area contributed by atoms with Crippen LogP contribution in [0, 0.1) is 6.92 Å². The largest absolute Gasteiger partial charge is 0.481 e. The zero-order valence-electron chi connectivity index (χ0n) is 14.7. The minimum Gasteiger partial charge on any atom is -0.481 e. The molecule has 3 rings (SSSR count). The molecule has 0 aliphatic carbocycles. The van der Waals surface area contributed by atoms with Crippen LogP contribution in [0.25, 0.3) is 10.9 Å². The summed E-state index contributed by atoms with van der Waals surface area (Å²) in [5, 5.41) is 1.06. The first-order valence-corrected chi connectivity index (χ1v) is 9.90. The summed E-state index contributed by atoms with van der Waals surface area (Å²) in [6.07, 6.45) is 0.661. The van der Waals surface area contributed by atoms with Gasteiger partial charge in [-0.25, -0.2) is 13.4 Å². The Balaban J connectivity index is 1.93. The molecule has 0 saturated carbocycles. The lowest BCUT2D eigenvalue weighted by molar-refractivity contribution is 0.152. The van der Waals surface area contributed by atoms with E-state index in [1.165, 1.54) is 0 Å². The summed E-state index contributed by atoms with van der Waals surface area (Å²) < 4.78 is 29.2. The van der Waals surface area contributed by atoms with E-state index in [4.69, 9.17) is 4.74 Å². The van der Waals surface area contributed by atoms with Gasteiger partial charge in [0.05, 0.1) is 24.1 Å². The first-order chi connectivity index (χ1) is 11.2. The zero-order chi connectivity index (χ0) is 17.5. The third kappa shape index (κ3) is 3.26. The number of methoxy groups -OCH3 is 1. The second kappa shape index (κ2) is 6.01. The molecule has 1 aromatic carbocycles. The zero-order valence-corrected chi connectivity index (χ0v) is 15.5. The van der Waals surface area contributed by atoms with Gasteiger partial charge in [-0.15, -0.1) is 0 Å². The highest BCUT2D eigenvalue weighted by molar-refractivity contribution is 7.91. The first-order valence-electron chi connectivity index (χ1n) is 8.08. The molecule has 1 fully saturated rings. The summed E-state index contributed by atoms with van der Waals surface area (Å²) in [7, 11) is 0.657. The number of nitrogens with zero attached hydrogens (tertiary/aromatic N) is 2. The predicted molar refractivity (Wildman–Crippen MR) is 96.2 cm³/mol. The van der Waals surface area contributed by atoms with Crippen LogP contribution in [-0.2, 0) is 16.4 Å². The number of pyridine rings is 1. The van der Waals surface area contributed by atoms with E-state index >= 15 is 0 Å². The molecule has 1 aliphatic heterocycles. The fourth-order valence-corrected chi connectivity index (χ4v) is 5.54. The minimum absolute atomic E-state index is 0.207. The first kappa shape index (κ1) is 17.2. The van der Waals surface area contributed by atoms with Gasteiger partial charge in [0.15, 0.2) is 9.84 Å². The topological polar surface area (TPSA) is 59.5 Å². The van der Waals surface area contributed by atoms with Gasteiger partial charge in [-0.3, -0.25) is 4.90 Å². The molecule has 0 radical (unpaired) electrons. The summed E-state index contributed by atoms with van der Waals surface area (Å²) in [4.78, 5) is 6.73. The molecule has 0 unspecified atom stereocenters. The van der Waals surface area contributed by atoms with Crippen molar-refractivity contribution in [1.29, 1.82) is 0 Å². The Labute approximate surface area is 143 Å². The summed E-state index contributed by atoms with van der Waals surface area (Å²) in [6, 6.07) is 8.25. The molecule has 1 aliphatic rings. The lowest BCUT2D eigenvalue weighted by Gasteiger charge is -2.34. The quantitative estimate of drug-likeness (QED) is 0.850. The van der Waals surface area contributed by atoms with Crippen molar-refractivity contribution in [3.05, 3.63) is 35.4 Å². The van der Waals surface area contributed by atoms with Crippen molar-refractivity contribution < 1.29 is 13.2 Å². The number of aryl methyl sites for hydroxylation is 1. The van der Waals surface area contributed by atoms with Crippen LogP contribution in [0.1, 0.15) is 24.5 Å². The lowest BCUT2D eigenvalue weighted by atomic mass is 9.99. The maximum atomic E-state index is 11.9. The van der Waals surface area contributed by atoms with Gasteiger partial charge in [0.2, 0.25) is 5.88 Å². The van der Waals surface area contributed by atoms with E-state index in [0.29, 0.717) is 18.8 Å². The van der Waals surface area contributed by atoms with E-state index < -0.39 is 9.84 Å². The molecule has 1 aromatic heterocycles.